The average Bonchev–Trinajstić information content (AvgIpc) is 2.68. The van der Waals surface area contributed by atoms with Gasteiger partial charge in [0.2, 0.25) is 15.9 Å². The Bertz CT molecular complexity index is 999. The normalized spacial score (nSPS) is 15.6. The molecule has 0 radical (unpaired) electrons. The van der Waals surface area contributed by atoms with Crippen molar-refractivity contribution in [3.8, 4) is 0 Å². The first-order valence-corrected chi connectivity index (χ1v) is 10.6. The van der Waals surface area contributed by atoms with Gasteiger partial charge in [-0.15, -0.1) is 0 Å². The van der Waals surface area contributed by atoms with E-state index in [4.69, 9.17) is 16.3 Å². The molecule has 2 aromatic rings. The maximum Gasteiger partial charge on any atom is 0.248 e. The molecule has 1 aliphatic heterocycles. The van der Waals surface area contributed by atoms with Crippen molar-refractivity contribution < 1.29 is 17.9 Å². The van der Waals surface area contributed by atoms with E-state index in [2.05, 4.69) is 5.32 Å². The van der Waals surface area contributed by atoms with Crippen LogP contribution in [-0.4, -0.2) is 44.9 Å². The number of sulfonamides is 1. The van der Waals surface area contributed by atoms with Crippen LogP contribution in [0.2, 0.25) is 5.02 Å². The number of halogens is 1. The summed E-state index contributed by atoms with van der Waals surface area (Å²) in [5.74, 6) is -0.362. The predicted octanol–water partition coefficient (Wildman–Crippen LogP) is 3.32. The van der Waals surface area contributed by atoms with Crippen molar-refractivity contribution in [3.05, 3.63) is 64.7 Å². The van der Waals surface area contributed by atoms with Crippen LogP contribution in [0, 0.1) is 6.92 Å². The van der Waals surface area contributed by atoms with Crippen LogP contribution in [0.25, 0.3) is 6.08 Å². The molecule has 0 unspecified atom stereocenters. The van der Waals surface area contributed by atoms with Crippen LogP contribution in [-0.2, 0) is 19.6 Å². The van der Waals surface area contributed by atoms with E-state index in [1.807, 2.05) is 6.07 Å². The van der Waals surface area contributed by atoms with E-state index >= 15 is 0 Å². The van der Waals surface area contributed by atoms with Gasteiger partial charge in [-0.25, -0.2) is 8.42 Å². The van der Waals surface area contributed by atoms with Crippen LogP contribution < -0.4 is 5.32 Å². The maximum absolute atomic E-state index is 12.9. The molecule has 148 valence electrons. The first kappa shape index (κ1) is 20.5. The Morgan fingerprint density at radius 1 is 1.18 bits per heavy atom. The van der Waals surface area contributed by atoms with E-state index in [9.17, 15) is 13.2 Å². The van der Waals surface area contributed by atoms with Crippen LogP contribution in [0.15, 0.2) is 53.4 Å². The van der Waals surface area contributed by atoms with Gasteiger partial charge >= 0.3 is 0 Å². The molecule has 1 N–H and O–H groups in total. The number of ether oxygens (including phenoxy) is 1. The molecule has 0 spiro atoms. The Balaban J connectivity index is 1.76. The van der Waals surface area contributed by atoms with Crippen LogP contribution in [0.1, 0.15) is 11.1 Å². The maximum atomic E-state index is 12.9. The lowest BCUT2D eigenvalue weighted by atomic mass is 10.2. The molecule has 0 saturated carbocycles. The van der Waals surface area contributed by atoms with Crippen LogP contribution in [0.5, 0.6) is 0 Å². The summed E-state index contributed by atoms with van der Waals surface area (Å²) in [4.78, 5) is 12.4. The number of hydrogen-bond donors (Lipinski definition) is 1. The van der Waals surface area contributed by atoms with Crippen molar-refractivity contribution in [1.82, 2.24) is 4.31 Å². The third kappa shape index (κ3) is 4.99. The first-order chi connectivity index (χ1) is 13.4. The van der Waals surface area contributed by atoms with Crippen molar-refractivity contribution in [2.75, 3.05) is 31.6 Å². The van der Waals surface area contributed by atoms with Gasteiger partial charge in [-0.2, -0.15) is 4.31 Å². The minimum Gasteiger partial charge on any atom is -0.379 e. The highest BCUT2D eigenvalue weighted by molar-refractivity contribution is 7.89. The number of aryl methyl sites for hydroxylation is 1. The minimum absolute atomic E-state index is 0.186. The molecule has 1 aliphatic rings. The van der Waals surface area contributed by atoms with Gasteiger partial charge < -0.3 is 10.1 Å². The molecule has 1 saturated heterocycles. The van der Waals surface area contributed by atoms with Gasteiger partial charge in [0.1, 0.15) is 0 Å². The summed E-state index contributed by atoms with van der Waals surface area (Å²) in [5, 5.41) is 3.29. The number of nitrogens with one attached hydrogen (secondary N) is 1. The fraction of sp³-hybridized carbons (Fsp3) is 0.250. The number of morpholine rings is 1. The van der Waals surface area contributed by atoms with Crippen molar-refractivity contribution in [3.63, 3.8) is 0 Å². The van der Waals surface area contributed by atoms with Gasteiger partial charge in [0.15, 0.2) is 0 Å². The van der Waals surface area contributed by atoms with Gasteiger partial charge in [0.05, 0.1) is 18.1 Å². The van der Waals surface area contributed by atoms with E-state index in [0.29, 0.717) is 42.6 Å². The Labute approximate surface area is 169 Å². The number of anilines is 1. The number of amides is 1. The Kier molecular flexibility index (Phi) is 6.51. The SMILES string of the molecule is Cc1ccc(NC(=O)C=Cc2cccc(Cl)c2)cc1S(=O)(=O)N1CCOCC1. The van der Waals surface area contributed by atoms with E-state index < -0.39 is 10.0 Å². The number of nitrogens with zero attached hydrogens (tertiary/aromatic N) is 1. The predicted molar refractivity (Wildman–Crippen MR) is 110 cm³/mol. The molecule has 1 heterocycles. The Hall–Kier alpha value is -2.19. The molecule has 6 nitrogen and oxygen atoms in total. The monoisotopic (exact) mass is 420 g/mol. The fourth-order valence-electron chi connectivity index (χ4n) is 2.85. The summed E-state index contributed by atoms with van der Waals surface area (Å²) in [6, 6.07) is 12.0. The molecule has 3 rings (SSSR count). The quantitative estimate of drug-likeness (QED) is 0.753. The average molecular weight is 421 g/mol. The summed E-state index contributed by atoms with van der Waals surface area (Å²) in [6.07, 6.45) is 3.02. The molecule has 28 heavy (non-hydrogen) atoms. The summed E-state index contributed by atoms with van der Waals surface area (Å²) in [6.45, 7) is 3.13. The van der Waals surface area contributed by atoms with Crippen molar-refractivity contribution in [2.24, 2.45) is 0 Å². The highest BCUT2D eigenvalue weighted by Crippen LogP contribution is 2.24. The Morgan fingerprint density at radius 2 is 1.93 bits per heavy atom. The smallest absolute Gasteiger partial charge is 0.248 e. The molecule has 1 fully saturated rings. The van der Waals surface area contributed by atoms with Crippen molar-refractivity contribution >= 4 is 39.3 Å². The van der Waals surface area contributed by atoms with Gasteiger partial charge in [-0.1, -0.05) is 29.8 Å². The van der Waals surface area contributed by atoms with Gasteiger partial charge in [-0.05, 0) is 48.4 Å². The highest BCUT2D eigenvalue weighted by Gasteiger charge is 2.28. The second-order valence-electron chi connectivity index (χ2n) is 6.37. The van der Waals surface area contributed by atoms with E-state index in [1.54, 1.807) is 43.3 Å². The van der Waals surface area contributed by atoms with Crippen molar-refractivity contribution in [1.29, 1.82) is 0 Å². The highest BCUT2D eigenvalue weighted by atomic mass is 35.5. The zero-order valence-electron chi connectivity index (χ0n) is 15.4. The molecule has 0 atom stereocenters. The number of carbonyl (C=O) groups is 1. The van der Waals surface area contributed by atoms with Gasteiger partial charge in [0, 0.05) is 29.9 Å². The van der Waals surface area contributed by atoms with Crippen LogP contribution >= 0.6 is 11.6 Å². The fourth-order valence-corrected chi connectivity index (χ4v) is 4.71. The Morgan fingerprint density at radius 3 is 2.64 bits per heavy atom. The standard InChI is InChI=1S/C20H21ClN2O4S/c1-15-5-7-18(14-19(15)28(25,26)23-9-11-27-12-10-23)22-20(24)8-6-16-3-2-4-17(21)13-16/h2-8,13-14H,9-12H2,1H3,(H,22,24). The topological polar surface area (TPSA) is 75.7 Å². The molecule has 1 amide bonds. The summed E-state index contributed by atoms with van der Waals surface area (Å²) in [5.41, 5.74) is 1.83. The molecular formula is C20H21ClN2O4S. The van der Waals surface area contributed by atoms with Crippen LogP contribution in [0.3, 0.4) is 0 Å². The molecule has 0 aromatic heterocycles. The zero-order valence-corrected chi connectivity index (χ0v) is 17.0. The summed E-state index contributed by atoms with van der Waals surface area (Å²) >= 11 is 5.93. The first-order valence-electron chi connectivity index (χ1n) is 8.79. The number of benzene rings is 2. The summed E-state index contributed by atoms with van der Waals surface area (Å²) in [7, 11) is -3.64. The van der Waals surface area contributed by atoms with E-state index in [1.165, 1.54) is 16.4 Å². The lowest BCUT2D eigenvalue weighted by Gasteiger charge is -2.26. The molecular weight excluding hydrogens is 400 g/mol. The minimum atomic E-state index is -3.64. The number of rotatable bonds is 5. The van der Waals surface area contributed by atoms with Crippen LogP contribution in [0.4, 0.5) is 5.69 Å². The van der Waals surface area contributed by atoms with Crippen molar-refractivity contribution in [2.45, 2.75) is 11.8 Å². The van der Waals surface area contributed by atoms with E-state index in [0.717, 1.165) is 5.56 Å². The number of carbonyl (C=O) groups excluding carboxylic acids is 1. The second-order valence-corrected chi connectivity index (χ2v) is 8.72. The van der Waals surface area contributed by atoms with Gasteiger partial charge in [0.25, 0.3) is 0 Å². The molecule has 0 bridgehead atoms. The van der Waals surface area contributed by atoms with Gasteiger partial charge in [-0.3, -0.25) is 4.79 Å². The third-order valence-corrected chi connectivity index (χ3v) is 6.60. The molecule has 2 aromatic carbocycles. The lowest BCUT2D eigenvalue weighted by Crippen LogP contribution is -2.40. The third-order valence-electron chi connectivity index (χ3n) is 4.32. The largest absolute Gasteiger partial charge is 0.379 e. The summed E-state index contributed by atoms with van der Waals surface area (Å²) < 4.78 is 32.5. The number of hydrogen-bond acceptors (Lipinski definition) is 4. The lowest BCUT2D eigenvalue weighted by molar-refractivity contribution is -0.111. The molecule has 0 aliphatic carbocycles. The zero-order chi connectivity index (χ0) is 20.1. The van der Waals surface area contributed by atoms with E-state index in [-0.39, 0.29) is 10.8 Å². The molecule has 8 heteroatoms. The second kappa shape index (κ2) is 8.87.